The topological polar surface area (TPSA) is 38.3 Å². The highest BCUT2D eigenvalue weighted by Crippen LogP contribution is 2.19. The molecule has 1 aromatic carbocycles. The fourth-order valence-corrected chi connectivity index (χ4v) is 1.73. The van der Waals surface area contributed by atoms with Crippen molar-refractivity contribution in [1.82, 2.24) is 4.84 Å². The summed E-state index contributed by atoms with van der Waals surface area (Å²) in [4.78, 5) is 14.0. The van der Waals surface area contributed by atoms with Crippen LogP contribution < -0.4 is 4.84 Å². The van der Waals surface area contributed by atoms with Crippen molar-refractivity contribution in [1.29, 1.82) is 0 Å². The molecule has 88 valence electrons. The van der Waals surface area contributed by atoms with Gasteiger partial charge in [-0.1, -0.05) is 30.3 Å². The van der Waals surface area contributed by atoms with Gasteiger partial charge < -0.3 is 4.74 Å². The van der Waals surface area contributed by atoms with Gasteiger partial charge >= 0.3 is 5.97 Å². The van der Waals surface area contributed by atoms with Crippen LogP contribution in [0.2, 0.25) is 0 Å². The summed E-state index contributed by atoms with van der Waals surface area (Å²) in [5.74, 6) is -0.138. The number of rotatable bonds is 6. The number of hydrogen-bond donors (Lipinski definition) is 1. The molecule has 0 spiro atoms. The average molecular weight is 242 g/mol. The molecule has 0 aliphatic heterocycles. The predicted octanol–water partition coefficient (Wildman–Crippen LogP) is 2.47. The fraction of sp³-hybridized carbons (Fsp3) is 0.417. The maximum atomic E-state index is 11.4. The maximum absolute atomic E-state index is 11.4. The summed E-state index contributed by atoms with van der Waals surface area (Å²) in [5, 5.41) is 0. The molecule has 0 aliphatic rings. The van der Waals surface area contributed by atoms with Crippen LogP contribution in [0.3, 0.4) is 0 Å². The highest BCUT2D eigenvalue weighted by Gasteiger charge is 2.16. The largest absolute Gasteiger partial charge is 0.466 e. The van der Waals surface area contributed by atoms with E-state index in [1.165, 1.54) is 0 Å². The molecule has 0 aromatic heterocycles. The molecule has 0 radical (unpaired) electrons. The maximum Gasteiger partial charge on any atom is 0.306 e. The molecule has 1 N–H and O–H groups in total. The third-order valence-electron chi connectivity index (χ3n) is 2.31. The summed E-state index contributed by atoms with van der Waals surface area (Å²) >= 11 is 5.50. The van der Waals surface area contributed by atoms with Crippen LogP contribution in [0, 0.1) is 0 Å². The van der Waals surface area contributed by atoms with E-state index in [1.807, 2.05) is 30.3 Å². The van der Waals surface area contributed by atoms with E-state index >= 15 is 0 Å². The molecule has 0 amide bonds. The Morgan fingerprint density at radius 3 is 2.69 bits per heavy atom. The Labute approximate surface area is 101 Å². The Balaban J connectivity index is 2.64. The van der Waals surface area contributed by atoms with Crippen molar-refractivity contribution in [3.63, 3.8) is 0 Å². The van der Waals surface area contributed by atoms with Crippen LogP contribution in [-0.4, -0.2) is 19.1 Å². The van der Waals surface area contributed by atoms with Gasteiger partial charge in [0.25, 0.3) is 0 Å². The van der Waals surface area contributed by atoms with Gasteiger partial charge in [-0.3, -0.25) is 4.79 Å². The van der Waals surface area contributed by atoms with E-state index in [2.05, 4.69) is 4.84 Å². The average Bonchev–Trinajstić information content (AvgIpc) is 2.30. The molecule has 4 heteroatoms. The first-order valence-corrected chi connectivity index (χ1v) is 5.69. The first-order chi connectivity index (χ1) is 7.77. The standard InChI is InChI=1S/C12H16ClNO2/c1-2-16-12(15)8-11(9-14-13)10-6-4-3-5-7-10/h3-7,11,14H,2,8-9H2,1H3. The van der Waals surface area contributed by atoms with Crippen molar-refractivity contribution < 1.29 is 9.53 Å². The van der Waals surface area contributed by atoms with Gasteiger partial charge in [-0.2, -0.15) is 0 Å². The monoisotopic (exact) mass is 241 g/mol. The van der Waals surface area contributed by atoms with Gasteiger partial charge in [0.05, 0.1) is 13.0 Å². The van der Waals surface area contributed by atoms with Crippen LogP contribution in [0.5, 0.6) is 0 Å². The van der Waals surface area contributed by atoms with Crippen LogP contribution in [0.25, 0.3) is 0 Å². The molecular formula is C12H16ClNO2. The minimum Gasteiger partial charge on any atom is -0.466 e. The van der Waals surface area contributed by atoms with Crippen molar-refractivity contribution in [3.05, 3.63) is 35.9 Å². The van der Waals surface area contributed by atoms with E-state index in [4.69, 9.17) is 16.5 Å². The second-order valence-electron chi connectivity index (χ2n) is 3.45. The number of nitrogens with one attached hydrogen (secondary N) is 1. The lowest BCUT2D eigenvalue weighted by atomic mass is 9.96. The van der Waals surface area contributed by atoms with Gasteiger partial charge in [0.2, 0.25) is 0 Å². The predicted molar refractivity (Wildman–Crippen MR) is 64.3 cm³/mol. The minimum atomic E-state index is -0.191. The molecule has 0 fully saturated rings. The van der Waals surface area contributed by atoms with Crippen LogP contribution in [-0.2, 0) is 9.53 Å². The first-order valence-electron chi connectivity index (χ1n) is 5.32. The summed E-state index contributed by atoms with van der Waals surface area (Å²) in [6.45, 7) is 2.76. The van der Waals surface area contributed by atoms with E-state index in [0.717, 1.165) is 5.56 Å². The van der Waals surface area contributed by atoms with Gasteiger partial charge in [-0.25, -0.2) is 4.84 Å². The number of carbonyl (C=O) groups excluding carboxylic acids is 1. The highest BCUT2D eigenvalue weighted by atomic mass is 35.5. The van der Waals surface area contributed by atoms with E-state index < -0.39 is 0 Å². The Kier molecular flexibility index (Phi) is 5.90. The molecule has 0 bridgehead atoms. The third kappa shape index (κ3) is 4.21. The van der Waals surface area contributed by atoms with Gasteiger partial charge in [0.15, 0.2) is 0 Å². The number of halogens is 1. The van der Waals surface area contributed by atoms with Crippen molar-refractivity contribution in [2.24, 2.45) is 0 Å². The number of ether oxygens (including phenoxy) is 1. The Hall–Kier alpha value is -1.06. The molecule has 1 atom stereocenters. The zero-order valence-electron chi connectivity index (χ0n) is 9.28. The van der Waals surface area contributed by atoms with E-state index in [1.54, 1.807) is 6.92 Å². The van der Waals surface area contributed by atoms with Gasteiger partial charge in [0, 0.05) is 12.5 Å². The van der Waals surface area contributed by atoms with Crippen molar-refractivity contribution in [2.45, 2.75) is 19.3 Å². The molecule has 0 heterocycles. The van der Waals surface area contributed by atoms with Crippen LogP contribution in [0.1, 0.15) is 24.8 Å². The summed E-state index contributed by atoms with van der Waals surface area (Å²) in [7, 11) is 0. The van der Waals surface area contributed by atoms with Crippen LogP contribution in [0.4, 0.5) is 0 Å². The third-order valence-corrected chi connectivity index (χ3v) is 2.47. The molecule has 0 saturated heterocycles. The second-order valence-corrected chi connectivity index (χ2v) is 3.72. The van der Waals surface area contributed by atoms with Gasteiger partial charge in [0.1, 0.15) is 0 Å². The van der Waals surface area contributed by atoms with Crippen molar-refractivity contribution in [2.75, 3.05) is 13.2 Å². The second kappa shape index (κ2) is 7.25. The molecule has 0 aliphatic carbocycles. The molecule has 1 rings (SSSR count). The quantitative estimate of drug-likeness (QED) is 0.614. The summed E-state index contributed by atoms with van der Waals surface area (Å²) in [6.07, 6.45) is 0.345. The van der Waals surface area contributed by atoms with Crippen molar-refractivity contribution >= 4 is 17.7 Å². The van der Waals surface area contributed by atoms with Crippen LogP contribution in [0.15, 0.2) is 30.3 Å². The van der Waals surface area contributed by atoms with E-state index in [9.17, 15) is 4.79 Å². The van der Waals surface area contributed by atoms with Crippen LogP contribution >= 0.6 is 11.8 Å². The van der Waals surface area contributed by atoms with E-state index in [-0.39, 0.29) is 11.9 Å². The Morgan fingerprint density at radius 2 is 2.12 bits per heavy atom. The smallest absolute Gasteiger partial charge is 0.306 e. The normalized spacial score (nSPS) is 12.1. The summed E-state index contributed by atoms with van der Waals surface area (Å²) in [6, 6.07) is 9.80. The summed E-state index contributed by atoms with van der Waals surface area (Å²) in [5.41, 5.74) is 1.09. The molecule has 0 saturated carbocycles. The zero-order valence-corrected chi connectivity index (χ0v) is 10.0. The molecule has 1 aromatic rings. The molecule has 1 unspecified atom stereocenters. The SMILES string of the molecule is CCOC(=O)CC(CNCl)c1ccccc1. The Bertz CT molecular complexity index is 316. The van der Waals surface area contributed by atoms with Crippen molar-refractivity contribution in [3.8, 4) is 0 Å². The van der Waals surface area contributed by atoms with Gasteiger partial charge in [-0.05, 0) is 24.3 Å². The number of hydrogen-bond acceptors (Lipinski definition) is 3. The highest BCUT2D eigenvalue weighted by molar-refractivity contribution is 6.13. The number of benzene rings is 1. The Morgan fingerprint density at radius 1 is 1.44 bits per heavy atom. The number of esters is 1. The molecule has 16 heavy (non-hydrogen) atoms. The molecular weight excluding hydrogens is 226 g/mol. The first kappa shape index (κ1) is 13.0. The minimum absolute atomic E-state index is 0.0535. The zero-order chi connectivity index (χ0) is 11.8. The lowest BCUT2D eigenvalue weighted by molar-refractivity contribution is -0.143. The summed E-state index contributed by atoms with van der Waals surface area (Å²) < 4.78 is 4.93. The van der Waals surface area contributed by atoms with Gasteiger partial charge in [-0.15, -0.1) is 0 Å². The lowest BCUT2D eigenvalue weighted by Crippen LogP contribution is -2.18. The molecule has 3 nitrogen and oxygen atoms in total. The fourth-order valence-electron chi connectivity index (χ4n) is 1.55. The lowest BCUT2D eigenvalue weighted by Gasteiger charge is -2.15. The number of carbonyl (C=O) groups is 1. The van der Waals surface area contributed by atoms with E-state index in [0.29, 0.717) is 19.6 Å².